The van der Waals surface area contributed by atoms with Gasteiger partial charge >= 0.3 is 0 Å². The third kappa shape index (κ3) is 5.80. The Balaban J connectivity index is 2.06. The Labute approximate surface area is 99.9 Å². The predicted molar refractivity (Wildman–Crippen MR) is 65.3 cm³/mol. The van der Waals surface area contributed by atoms with Crippen LogP contribution in [-0.2, 0) is 9.47 Å². The zero-order valence-electron chi connectivity index (χ0n) is 11.4. The average molecular weight is 232 g/mol. The first kappa shape index (κ1) is 13.9. The van der Waals surface area contributed by atoms with Gasteiger partial charge < -0.3 is 18.4 Å². The quantitative estimate of drug-likeness (QED) is 0.481. The Morgan fingerprint density at radius 3 is 2.31 bits per heavy atom. The number of quaternary nitrogens is 2. The number of ether oxygens (including phenoxy) is 2. The highest BCUT2D eigenvalue weighted by molar-refractivity contribution is 4.46. The van der Waals surface area contributed by atoms with E-state index in [2.05, 4.69) is 28.2 Å². The third-order valence-electron chi connectivity index (χ3n) is 3.23. The van der Waals surface area contributed by atoms with Crippen LogP contribution in [0.1, 0.15) is 0 Å². The van der Waals surface area contributed by atoms with Gasteiger partial charge in [-0.25, -0.2) is 0 Å². The lowest BCUT2D eigenvalue weighted by Gasteiger charge is -2.37. The molecule has 96 valence electrons. The zero-order valence-corrected chi connectivity index (χ0v) is 11.4. The van der Waals surface area contributed by atoms with E-state index in [1.54, 1.807) is 0 Å². The fourth-order valence-electron chi connectivity index (χ4n) is 1.73. The lowest BCUT2D eigenvalue weighted by atomic mass is 10.3. The third-order valence-corrected chi connectivity index (χ3v) is 3.23. The van der Waals surface area contributed by atoms with E-state index in [4.69, 9.17) is 9.47 Å². The van der Waals surface area contributed by atoms with Crippen molar-refractivity contribution in [2.75, 3.05) is 80.8 Å². The number of nitrogens with zero attached hydrogens (tertiary/aromatic N) is 2. The molecule has 0 bridgehead atoms. The summed E-state index contributed by atoms with van der Waals surface area (Å²) in [5, 5.41) is 0. The van der Waals surface area contributed by atoms with Crippen molar-refractivity contribution in [1.82, 2.24) is 0 Å². The van der Waals surface area contributed by atoms with Gasteiger partial charge in [0.2, 0.25) is 0 Å². The SMILES string of the molecule is C[N+](C)(C)CCOCC[N+]1(C)CCOCC1. The highest BCUT2D eigenvalue weighted by Crippen LogP contribution is 2.06. The van der Waals surface area contributed by atoms with Gasteiger partial charge in [-0.3, -0.25) is 0 Å². The molecule has 0 spiro atoms. The highest BCUT2D eigenvalue weighted by Gasteiger charge is 2.24. The van der Waals surface area contributed by atoms with Gasteiger partial charge in [0.05, 0.1) is 54.6 Å². The first-order valence-corrected chi connectivity index (χ1v) is 6.21. The first-order valence-electron chi connectivity index (χ1n) is 6.21. The summed E-state index contributed by atoms with van der Waals surface area (Å²) in [6.07, 6.45) is 0. The molecule has 0 amide bonds. The number of rotatable bonds is 6. The van der Waals surface area contributed by atoms with Crippen molar-refractivity contribution >= 4 is 0 Å². The maximum atomic E-state index is 5.71. The van der Waals surface area contributed by atoms with Crippen LogP contribution in [0, 0.1) is 0 Å². The van der Waals surface area contributed by atoms with E-state index in [1.165, 1.54) is 0 Å². The molecule has 0 saturated carbocycles. The van der Waals surface area contributed by atoms with Gasteiger partial charge in [-0.2, -0.15) is 0 Å². The lowest BCUT2D eigenvalue weighted by molar-refractivity contribution is -0.917. The lowest BCUT2D eigenvalue weighted by Crippen LogP contribution is -2.53. The summed E-state index contributed by atoms with van der Waals surface area (Å²) in [7, 11) is 8.88. The van der Waals surface area contributed by atoms with Crippen LogP contribution in [0.15, 0.2) is 0 Å². The molecule has 1 aliphatic rings. The second-order valence-electron chi connectivity index (χ2n) is 6.03. The Bertz CT molecular complexity index is 196. The smallest absolute Gasteiger partial charge is 0.102 e. The maximum absolute atomic E-state index is 5.71. The van der Waals surface area contributed by atoms with Crippen LogP contribution in [0.5, 0.6) is 0 Å². The molecule has 0 aromatic rings. The van der Waals surface area contributed by atoms with Crippen LogP contribution in [0.2, 0.25) is 0 Å². The van der Waals surface area contributed by atoms with Crippen molar-refractivity contribution < 1.29 is 18.4 Å². The second-order valence-corrected chi connectivity index (χ2v) is 6.03. The largest absolute Gasteiger partial charge is 0.370 e. The maximum Gasteiger partial charge on any atom is 0.102 e. The van der Waals surface area contributed by atoms with E-state index in [0.29, 0.717) is 0 Å². The van der Waals surface area contributed by atoms with E-state index in [0.717, 1.165) is 61.6 Å². The Hall–Kier alpha value is -0.160. The van der Waals surface area contributed by atoms with Crippen molar-refractivity contribution in [3.63, 3.8) is 0 Å². The summed E-state index contributed by atoms with van der Waals surface area (Å²) >= 11 is 0. The summed E-state index contributed by atoms with van der Waals surface area (Å²) in [5.41, 5.74) is 0. The molecular formula is C12H28N2O2+2. The standard InChI is InChI=1S/C12H28N2O2/c1-13(2,3)5-9-15-10-6-14(4)7-11-16-12-8-14/h5-12H2,1-4H3/q+2. The van der Waals surface area contributed by atoms with Crippen LogP contribution >= 0.6 is 0 Å². The van der Waals surface area contributed by atoms with Crippen LogP contribution < -0.4 is 0 Å². The van der Waals surface area contributed by atoms with Gasteiger partial charge in [-0.1, -0.05) is 0 Å². The molecule has 1 aliphatic heterocycles. The molecule has 0 aromatic carbocycles. The molecule has 1 saturated heterocycles. The van der Waals surface area contributed by atoms with Crippen molar-refractivity contribution in [3.8, 4) is 0 Å². The molecule has 1 fully saturated rings. The first-order chi connectivity index (χ1) is 7.41. The Kier molecular flexibility index (Phi) is 5.18. The van der Waals surface area contributed by atoms with E-state index in [1.807, 2.05) is 0 Å². The van der Waals surface area contributed by atoms with Crippen LogP contribution in [0.25, 0.3) is 0 Å². The van der Waals surface area contributed by atoms with Crippen molar-refractivity contribution in [2.45, 2.75) is 0 Å². The predicted octanol–water partition coefficient (Wildman–Crippen LogP) is 0.186. The van der Waals surface area contributed by atoms with Gasteiger partial charge in [0, 0.05) is 0 Å². The molecule has 4 heteroatoms. The van der Waals surface area contributed by atoms with Gasteiger partial charge in [0.15, 0.2) is 0 Å². The second kappa shape index (κ2) is 5.96. The summed E-state index contributed by atoms with van der Waals surface area (Å²) < 4.78 is 13.2. The van der Waals surface area contributed by atoms with Gasteiger partial charge in [0.25, 0.3) is 0 Å². The molecule has 0 N–H and O–H groups in total. The van der Waals surface area contributed by atoms with Crippen LogP contribution in [0.3, 0.4) is 0 Å². The zero-order chi connectivity index (χ0) is 12.1. The highest BCUT2D eigenvalue weighted by atomic mass is 16.5. The van der Waals surface area contributed by atoms with E-state index < -0.39 is 0 Å². The van der Waals surface area contributed by atoms with Crippen molar-refractivity contribution in [2.24, 2.45) is 0 Å². The Morgan fingerprint density at radius 1 is 1.12 bits per heavy atom. The molecular weight excluding hydrogens is 204 g/mol. The van der Waals surface area contributed by atoms with Crippen LogP contribution in [0.4, 0.5) is 0 Å². The van der Waals surface area contributed by atoms with E-state index in [-0.39, 0.29) is 0 Å². The summed E-state index contributed by atoms with van der Waals surface area (Å²) in [6.45, 7) is 7.96. The minimum atomic E-state index is 0.861. The van der Waals surface area contributed by atoms with Gasteiger partial charge in [-0.05, 0) is 0 Å². The molecule has 1 rings (SSSR count). The topological polar surface area (TPSA) is 18.5 Å². The monoisotopic (exact) mass is 232 g/mol. The minimum Gasteiger partial charge on any atom is -0.370 e. The number of hydrogen-bond donors (Lipinski definition) is 0. The molecule has 4 nitrogen and oxygen atoms in total. The van der Waals surface area contributed by atoms with E-state index >= 15 is 0 Å². The summed E-state index contributed by atoms with van der Waals surface area (Å²) in [4.78, 5) is 0. The molecule has 0 aliphatic carbocycles. The number of morpholine rings is 1. The van der Waals surface area contributed by atoms with Crippen molar-refractivity contribution in [3.05, 3.63) is 0 Å². The molecule has 0 aromatic heterocycles. The molecule has 1 heterocycles. The fraction of sp³-hybridized carbons (Fsp3) is 1.00. The molecule has 0 atom stereocenters. The number of hydrogen-bond acceptors (Lipinski definition) is 2. The molecule has 0 unspecified atom stereocenters. The van der Waals surface area contributed by atoms with E-state index in [9.17, 15) is 0 Å². The van der Waals surface area contributed by atoms with Gasteiger partial charge in [0.1, 0.15) is 26.2 Å². The van der Waals surface area contributed by atoms with Crippen LogP contribution in [-0.4, -0.2) is 89.8 Å². The fourth-order valence-corrected chi connectivity index (χ4v) is 1.73. The average Bonchev–Trinajstić information content (AvgIpc) is 2.16. The normalized spacial score (nSPS) is 21.0. The summed E-state index contributed by atoms with van der Waals surface area (Å²) in [5.74, 6) is 0. The molecule has 0 radical (unpaired) electrons. The Morgan fingerprint density at radius 2 is 1.75 bits per heavy atom. The molecule has 16 heavy (non-hydrogen) atoms. The summed E-state index contributed by atoms with van der Waals surface area (Å²) in [6, 6.07) is 0. The number of likely N-dealkylation sites (N-methyl/N-ethyl adjacent to an activating group) is 2. The van der Waals surface area contributed by atoms with Gasteiger partial charge in [-0.15, -0.1) is 0 Å². The minimum absolute atomic E-state index is 0.861. The van der Waals surface area contributed by atoms with Crippen molar-refractivity contribution in [1.29, 1.82) is 0 Å².